The Kier molecular flexibility index (Phi) is 5.41. The second-order valence-electron chi connectivity index (χ2n) is 8.42. The lowest BCUT2D eigenvalue weighted by Gasteiger charge is -2.45. The summed E-state index contributed by atoms with van der Waals surface area (Å²) >= 11 is 0. The topological polar surface area (TPSA) is 52.7 Å². The molecule has 2 saturated heterocycles. The molecule has 5 heteroatoms. The van der Waals surface area contributed by atoms with Gasteiger partial charge in [0.2, 0.25) is 11.8 Å². The number of carbonyl (C=O) groups is 2. The van der Waals surface area contributed by atoms with Crippen LogP contribution in [0.25, 0.3) is 0 Å². The SMILES string of the molecule is CC(=O)N[C@@]12CCN(Cc3ccccc3)C[C@@H]1[C@@H](c1ccccc1)N(C(C)=O)C2. The second kappa shape index (κ2) is 7.99. The molecule has 5 nitrogen and oxygen atoms in total. The molecule has 0 saturated carbocycles. The van der Waals surface area contributed by atoms with Gasteiger partial charge < -0.3 is 10.2 Å². The minimum atomic E-state index is -0.370. The van der Waals surface area contributed by atoms with Gasteiger partial charge in [0, 0.05) is 45.9 Å². The Hall–Kier alpha value is -2.66. The van der Waals surface area contributed by atoms with Gasteiger partial charge in [0.1, 0.15) is 0 Å². The summed E-state index contributed by atoms with van der Waals surface area (Å²) < 4.78 is 0. The van der Waals surface area contributed by atoms with Crippen molar-refractivity contribution in [2.75, 3.05) is 19.6 Å². The first-order valence-electron chi connectivity index (χ1n) is 10.4. The van der Waals surface area contributed by atoms with Crippen molar-refractivity contribution in [1.82, 2.24) is 15.1 Å². The number of rotatable bonds is 4. The van der Waals surface area contributed by atoms with Crippen LogP contribution in [0.3, 0.4) is 0 Å². The molecule has 1 N–H and O–H groups in total. The van der Waals surface area contributed by atoms with Gasteiger partial charge in [-0.15, -0.1) is 0 Å². The van der Waals surface area contributed by atoms with Gasteiger partial charge in [-0.3, -0.25) is 14.5 Å². The van der Waals surface area contributed by atoms with Crippen LogP contribution < -0.4 is 5.32 Å². The second-order valence-corrected chi connectivity index (χ2v) is 8.42. The molecule has 2 aromatic carbocycles. The molecule has 0 aliphatic carbocycles. The molecule has 3 atom stereocenters. The molecule has 2 aliphatic heterocycles. The van der Waals surface area contributed by atoms with E-state index in [1.165, 1.54) is 5.56 Å². The van der Waals surface area contributed by atoms with Crippen molar-refractivity contribution in [3.63, 3.8) is 0 Å². The van der Waals surface area contributed by atoms with E-state index in [1.807, 2.05) is 29.2 Å². The molecule has 2 heterocycles. The standard InChI is InChI=1S/C24H29N3O2/c1-18(28)25-24-13-14-26(15-20-9-5-3-6-10-20)16-22(24)23(27(17-24)19(2)29)21-11-7-4-8-12-21/h3-12,22-23H,13-17H2,1-2H3,(H,25,28)/t22-,23-,24-/m1/s1. The van der Waals surface area contributed by atoms with E-state index in [0.717, 1.165) is 31.6 Å². The fourth-order valence-electron chi connectivity index (χ4n) is 5.21. The van der Waals surface area contributed by atoms with E-state index in [-0.39, 0.29) is 29.3 Å². The molecule has 2 amide bonds. The van der Waals surface area contributed by atoms with E-state index in [1.54, 1.807) is 13.8 Å². The number of hydrogen-bond donors (Lipinski definition) is 1. The lowest BCUT2D eigenvalue weighted by atomic mass is 9.75. The van der Waals surface area contributed by atoms with Crippen LogP contribution in [0.15, 0.2) is 60.7 Å². The number of benzene rings is 2. The largest absolute Gasteiger partial charge is 0.349 e. The Bertz CT molecular complexity index is 870. The first kappa shape index (κ1) is 19.6. The van der Waals surface area contributed by atoms with Crippen molar-refractivity contribution >= 4 is 11.8 Å². The Balaban J connectivity index is 1.68. The molecular weight excluding hydrogens is 362 g/mol. The van der Waals surface area contributed by atoms with E-state index in [9.17, 15) is 9.59 Å². The molecule has 0 spiro atoms. The molecular formula is C24H29N3O2. The summed E-state index contributed by atoms with van der Waals surface area (Å²) in [6.07, 6.45) is 0.844. The number of amides is 2. The van der Waals surface area contributed by atoms with Crippen LogP contribution >= 0.6 is 0 Å². The molecule has 0 bridgehead atoms. The summed E-state index contributed by atoms with van der Waals surface area (Å²) in [7, 11) is 0. The minimum Gasteiger partial charge on any atom is -0.349 e. The maximum atomic E-state index is 12.6. The number of carbonyl (C=O) groups excluding carboxylic acids is 2. The number of piperidine rings is 1. The zero-order valence-corrected chi connectivity index (χ0v) is 17.2. The highest BCUT2D eigenvalue weighted by molar-refractivity contribution is 5.77. The molecule has 0 radical (unpaired) electrons. The van der Waals surface area contributed by atoms with Gasteiger partial charge in [-0.05, 0) is 17.5 Å². The number of fused-ring (bicyclic) bond motifs is 1. The summed E-state index contributed by atoms with van der Waals surface area (Å²) in [5.41, 5.74) is 2.06. The molecule has 2 aliphatic rings. The number of hydrogen-bond acceptors (Lipinski definition) is 3. The van der Waals surface area contributed by atoms with Crippen LogP contribution in [0, 0.1) is 5.92 Å². The fraction of sp³-hybridized carbons (Fsp3) is 0.417. The number of likely N-dealkylation sites (tertiary alicyclic amines) is 2. The Morgan fingerprint density at radius 3 is 2.31 bits per heavy atom. The molecule has 2 fully saturated rings. The molecule has 2 aromatic rings. The normalized spacial score (nSPS) is 26.8. The maximum absolute atomic E-state index is 12.6. The summed E-state index contributed by atoms with van der Waals surface area (Å²) in [4.78, 5) is 29.1. The van der Waals surface area contributed by atoms with E-state index in [2.05, 4.69) is 46.6 Å². The molecule has 29 heavy (non-hydrogen) atoms. The summed E-state index contributed by atoms with van der Waals surface area (Å²) in [6, 6.07) is 20.7. The van der Waals surface area contributed by atoms with Crippen LogP contribution in [-0.2, 0) is 16.1 Å². The zero-order chi connectivity index (χ0) is 20.4. The monoisotopic (exact) mass is 391 g/mol. The maximum Gasteiger partial charge on any atom is 0.220 e. The van der Waals surface area contributed by atoms with Gasteiger partial charge in [-0.1, -0.05) is 60.7 Å². The predicted octanol–water partition coefficient (Wildman–Crippen LogP) is 2.99. The summed E-state index contributed by atoms with van der Waals surface area (Å²) in [5, 5.41) is 3.27. The highest BCUT2D eigenvalue weighted by atomic mass is 16.2. The Labute approximate surface area is 172 Å². The van der Waals surface area contributed by atoms with Crippen molar-refractivity contribution in [3.05, 3.63) is 71.8 Å². The van der Waals surface area contributed by atoms with Crippen molar-refractivity contribution in [3.8, 4) is 0 Å². The highest BCUT2D eigenvalue weighted by Gasteiger charge is 2.56. The van der Waals surface area contributed by atoms with Crippen LogP contribution in [0.4, 0.5) is 0 Å². The molecule has 4 rings (SSSR count). The quantitative estimate of drug-likeness (QED) is 0.872. The van der Waals surface area contributed by atoms with Crippen LogP contribution in [-0.4, -0.2) is 46.8 Å². The van der Waals surface area contributed by atoms with E-state index < -0.39 is 0 Å². The highest BCUT2D eigenvalue weighted by Crippen LogP contribution is 2.47. The third-order valence-corrected chi connectivity index (χ3v) is 6.43. The van der Waals surface area contributed by atoms with E-state index in [4.69, 9.17) is 0 Å². The summed E-state index contributed by atoms with van der Waals surface area (Å²) in [6.45, 7) is 6.42. The number of nitrogens with zero attached hydrogens (tertiary/aromatic N) is 2. The molecule has 0 aromatic heterocycles. The van der Waals surface area contributed by atoms with Crippen LogP contribution in [0.5, 0.6) is 0 Å². The van der Waals surface area contributed by atoms with E-state index >= 15 is 0 Å². The Morgan fingerprint density at radius 1 is 1.03 bits per heavy atom. The fourth-order valence-corrected chi connectivity index (χ4v) is 5.21. The zero-order valence-electron chi connectivity index (χ0n) is 17.2. The van der Waals surface area contributed by atoms with Crippen molar-refractivity contribution in [2.24, 2.45) is 5.92 Å². The Morgan fingerprint density at radius 2 is 1.69 bits per heavy atom. The minimum absolute atomic E-state index is 0.0243. The lowest BCUT2D eigenvalue weighted by Crippen LogP contribution is -2.60. The third kappa shape index (κ3) is 3.92. The van der Waals surface area contributed by atoms with Crippen LogP contribution in [0.2, 0.25) is 0 Å². The van der Waals surface area contributed by atoms with Crippen LogP contribution in [0.1, 0.15) is 37.4 Å². The predicted molar refractivity (Wildman–Crippen MR) is 113 cm³/mol. The van der Waals surface area contributed by atoms with Gasteiger partial charge in [0.25, 0.3) is 0 Å². The van der Waals surface area contributed by atoms with Crippen molar-refractivity contribution in [2.45, 2.75) is 38.4 Å². The lowest BCUT2D eigenvalue weighted by molar-refractivity contribution is -0.130. The third-order valence-electron chi connectivity index (χ3n) is 6.43. The summed E-state index contributed by atoms with van der Waals surface area (Å²) in [5.74, 6) is 0.187. The first-order valence-corrected chi connectivity index (χ1v) is 10.4. The van der Waals surface area contributed by atoms with Gasteiger partial charge in [0.05, 0.1) is 11.6 Å². The average Bonchev–Trinajstić information content (AvgIpc) is 3.03. The van der Waals surface area contributed by atoms with Gasteiger partial charge in [-0.25, -0.2) is 0 Å². The molecule has 0 unspecified atom stereocenters. The number of nitrogens with one attached hydrogen (secondary N) is 1. The van der Waals surface area contributed by atoms with E-state index in [0.29, 0.717) is 6.54 Å². The first-order chi connectivity index (χ1) is 14.0. The van der Waals surface area contributed by atoms with Gasteiger partial charge in [0.15, 0.2) is 0 Å². The smallest absolute Gasteiger partial charge is 0.220 e. The van der Waals surface area contributed by atoms with Crippen molar-refractivity contribution < 1.29 is 9.59 Å². The van der Waals surface area contributed by atoms with Crippen molar-refractivity contribution in [1.29, 1.82) is 0 Å². The van der Waals surface area contributed by atoms with Gasteiger partial charge in [-0.2, -0.15) is 0 Å². The average molecular weight is 392 g/mol. The van der Waals surface area contributed by atoms with Gasteiger partial charge >= 0.3 is 0 Å². The molecule has 152 valence electrons.